The van der Waals surface area contributed by atoms with Gasteiger partial charge in [0.2, 0.25) is 0 Å². The molecule has 3 aromatic carbocycles. The van der Waals surface area contributed by atoms with Crippen molar-refractivity contribution in [3.05, 3.63) is 95.1 Å². The van der Waals surface area contributed by atoms with Crippen LogP contribution in [0.4, 0.5) is 0 Å². The fourth-order valence-corrected chi connectivity index (χ4v) is 3.72. The molecule has 0 amide bonds. The van der Waals surface area contributed by atoms with Gasteiger partial charge in [-0.05, 0) is 57.9 Å². The molecule has 24 heavy (non-hydrogen) atoms. The van der Waals surface area contributed by atoms with E-state index in [0.29, 0.717) is 0 Å². The minimum atomic E-state index is 1.03. The molecular weight excluding hydrogens is 288 g/mol. The highest BCUT2D eigenvalue weighted by atomic mass is 14.2. The molecule has 0 N–H and O–H groups in total. The highest BCUT2D eigenvalue weighted by Crippen LogP contribution is 2.39. The molecule has 0 heterocycles. The first-order valence-electron chi connectivity index (χ1n) is 8.83. The van der Waals surface area contributed by atoms with Gasteiger partial charge in [-0.3, -0.25) is 0 Å². The largest absolute Gasteiger partial charge is 0.0651 e. The maximum absolute atomic E-state index is 2.41. The Hall–Kier alpha value is -2.60. The lowest BCUT2D eigenvalue weighted by atomic mass is 9.90. The van der Waals surface area contributed by atoms with Gasteiger partial charge in [-0.1, -0.05) is 86.1 Å². The van der Waals surface area contributed by atoms with E-state index < -0.39 is 0 Å². The third-order valence-electron chi connectivity index (χ3n) is 4.85. The summed E-state index contributed by atoms with van der Waals surface area (Å²) in [6.45, 7) is 2.26. The van der Waals surface area contributed by atoms with Gasteiger partial charge in [-0.15, -0.1) is 0 Å². The summed E-state index contributed by atoms with van der Waals surface area (Å²) in [7, 11) is 0. The first kappa shape index (κ1) is 15.0. The van der Waals surface area contributed by atoms with E-state index in [1.807, 2.05) is 0 Å². The summed E-state index contributed by atoms with van der Waals surface area (Å²) >= 11 is 0. The summed E-state index contributed by atoms with van der Waals surface area (Å²) < 4.78 is 0. The number of hydrogen-bond acceptors (Lipinski definition) is 0. The van der Waals surface area contributed by atoms with Crippen molar-refractivity contribution in [2.24, 2.45) is 0 Å². The zero-order valence-corrected chi connectivity index (χ0v) is 14.1. The van der Waals surface area contributed by atoms with Gasteiger partial charge in [0.1, 0.15) is 0 Å². The average molecular weight is 310 g/mol. The van der Waals surface area contributed by atoms with E-state index in [1.165, 1.54) is 45.4 Å². The van der Waals surface area contributed by atoms with Gasteiger partial charge in [-0.2, -0.15) is 0 Å². The summed E-state index contributed by atoms with van der Waals surface area (Å²) in [5.74, 6) is 0. The molecule has 0 fully saturated rings. The lowest BCUT2D eigenvalue weighted by Crippen LogP contribution is -1.95. The van der Waals surface area contributed by atoms with Crippen molar-refractivity contribution in [1.82, 2.24) is 0 Å². The predicted molar refractivity (Wildman–Crippen MR) is 104 cm³/mol. The molecule has 0 unspecified atom stereocenters. The molecule has 1 aliphatic carbocycles. The zero-order valence-electron chi connectivity index (χ0n) is 14.1. The lowest BCUT2D eigenvalue weighted by molar-refractivity contribution is 0.922. The maximum atomic E-state index is 2.41. The van der Waals surface area contributed by atoms with Crippen LogP contribution in [0.25, 0.3) is 22.8 Å². The van der Waals surface area contributed by atoms with Crippen molar-refractivity contribution in [2.75, 3.05) is 0 Å². The minimum Gasteiger partial charge on any atom is -0.0651 e. The molecule has 4 rings (SSSR count). The monoisotopic (exact) mass is 310 g/mol. The van der Waals surface area contributed by atoms with Crippen LogP contribution in [-0.2, 0) is 12.8 Å². The fourth-order valence-electron chi connectivity index (χ4n) is 3.72. The van der Waals surface area contributed by atoms with Crippen LogP contribution >= 0.6 is 0 Å². The van der Waals surface area contributed by atoms with Crippen molar-refractivity contribution >= 4 is 11.6 Å². The molecule has 0 bridgehead atoms. The number of rotatable bonds is 4. The molecule has 1 aliphatic rings. The first-order chi connectivity index (χ1) is 11.9. The molecule has 0 aromatic heterocycles. The van der Waals surface area contributed by atoms with E-state index >= 15 is 0 Å². The molecule has 0 saturated heterocycles. The number of allylic oxidation sites excluding steroid dienone is 1. The van der Waals surface area contributed by atoms with Crippen LogP contribution in [0.1, 0.15) is 35.6 Å². The van der Waals surface area contributed by atoms with Crippen molar-refractivity contribution in [1.29, 1.82) is 0 Å². The molecule has 0 atom stereocenters. The molecule has 3 aromatic rings. The fraction of sp³-hybridized carbons (Fsp3) is 0.167. The van der Waals surface area contributed by atoms with E-state index in [-0.39, 0.29) is 0 Å². The Bertz CT molecular complexity index is 871. The predicted octanol–water partition coefficient (Wildman–Crippen LogP) is 6.40. The van der Waals surface area contributed by atoms with Gasteiger partial charge in [0.25, 0.3) is 0 Å². The van der Waals surface area contributed by atoms with Crippen LogP contribution in [0, 0.1) is 0 Å². The van der Waals surface area contributed by atoms with Crippen LogP contribution in [0.5, 0.6) is 0 Å². The van der Waals surface area contributed by atoms with Crippen LogP contribution < -0.4 is 0 Å². The average Bonchev–Trinajstić information content (AvgIpc) is 3.07. The molecule has 0 spiro atoms. The van der Waals surface area contributed by atoms with Gasteiger partial charge in [0, 0.05) is 0 Å². The Morgan fingerprint density at radius 1 is 0.750 bits per heavy atom. The summed E-state index contributed by atoms with van der Waals surface area (Å²) in [5.41, 5.74) is 9.87. The molecule has 0 saturated carbocycles. The van der Waals surface area contributed by atoms with Crippen LogP contribution in [0.3, 0.4) is 0 Å². The lowest BCUT2D eigenvalue weighted by Gasteiger charge is -2.14. The SMILES string of the molecule is CCCc1ccc2c(c1-c1ccccc1)C=C(c1ccccc1)C2. The van der Waals surface area contributed by atoms with E-state index in [1.54, 1.807) is 0 Å². The standard InChI is InChI=1S/C24H22/c1-2-9-19-14-15-21-16-22(18-10-5-3-6-11-18)17-23(21)24(19)20-12-7-4-8-13-20/h3-8,10-15,17H,2,9,16H2,1H3. The maximum Gasteiger partial charge on any atom is -0.00134 e. The van der Waals surface area contributed by atoms with Crippen LogP contribution in [-0.4, -0.2) is 0 Å². The van der Waals surface area contributed by atoms with Gasteiger partial charge in [-0.25, -0.2) is 0 Å². The Morgan fingerprint density at radius 2 is 1.42 bits per heavy atom. The van der Waals surface area contributed by atoms with Crippen molar-refractivity contribution in [3.8, 4) is 11.1 Å². The van der Waals surface area contributed by atoms with Crippen molar-refractivity contribution in [3.63, 3.8) is 0 Å². The molecule has 118 valence electrons. The molecule has 0 heteroatoms. The Labute approximate surface area is 144 Å². The number of aryl methyl sites for hydroxylation is 1. The van der Waals surface area contributed by atoms with Gasteiger partial charge in [0.15, 0.2) is 0 Å². The molecule has 0 aliphatic heterocycles. The number of benzene rings is 3. The van der Waals surface area contributed by atoms with E-state index in [2.05, 4.69) is 85.8 Å². The van der Waals surface area contributed by atoms with Crippen LogP contribution in [0.2, 0.25) is 0 Å². The summed E-state index contributed by atoms with van der Waals surface area (Å²) in [4.78, 5) is 0. The number of hydrogen-bond donors (Lipinski definition) is 0. The quantitative estimate of drug-likeness (QED) is 0.523. The van der Waals surface area contributed by atoms with Gasteiger partial charge < -0.3 is 0 Å². The second-order valence-corrected chi connectivity index (χ2v) is 6.50. The summed E-state index contributed by atoms with van der Waals surface area (Å²) in [6.07, 6.45) is 5.75. The van der Waals surface area contributed by atoms with Gasteiger partial charge in [0.05, 0.1) is 0 Å². The third-order valence-corrected chi connectivity index (χ3v) is 4.85. The Balaban J connectivity index is 1.87. The van der Waals surface area contributed by atoms with Crippen molar-refractivity contribution in [2.45, 2.75) is 26.2 Å². The molecule has 0 radical (unpaired) electrons. The van der Waals surface area contributed by atoms with E-state index in [4.69, 9.17) is 0 Å². The van der Waals surface area contributed by atoms with Crippen LogP contribution in [0.15, 0.2) is 72.8 Å². The molecule has 0 nitrogen and oxygen atoms in total. The topological polar surface area (TPSA) is 0 Å². The van der Waals surface area contributed by atoms with E-state index in [9.17, 15) is 0 Å². The highest BCUT2D eigenvalue weighted by Gasteiger charge is 2.20. The zero-order chi connectivity index (χ0) is 16.4. The van der Waals surface area contributed by atoms with Crippen molar-refractivity contribution < 1.29 is 0 Å². The second kappa shape index (κ2) is 6.49. The normalized spacial score (nSPS) is 12.8. The smallest absolute Gasteiger partial charge is 0.00134 e. The Kier molecular flexibility index (Phi) is 4.04. The van der Waals surface area contributed by atoms with Gasteiger partial charge >= 0.3 is 0 Å². The minimum absolute atomic E-state index is 1.03. The summed E-state index contributed by atoms with van der Waals surface area (Å²) in [6, 6.07) is 26.3. The highest BCUT2D eigenvalue weighted by molar-refractivity contribution is 5.94. The first-order valence-corrected chi connectivity index (χ1v) is 8.83. The molecular formula is C24H22. The van der Waals surface area contributed by atoms with E-state index in [0.717, 1.165) is 12.8 Å². The second-order valence-electron chi connectivity index (χ2n) is 6.50. The number of fused-ring (bicyclic) bond motifs is 1. The summed E-state index contributed by atoms with van der Waals surface area (Å²) in [5, 5.41) is 0. The Morgan fingerprint density at radius 3 is 2.08 bits per heavy atom. The third kappa shape index (κ3) is 2.69.